The van der Waals surface area contributed by atoms with Gasteiger partial charge in [-0.2, -0.15) is 0 Å². The van der Waals surface area contributed by atoms with Crippen LogP contribution >= 0.6 is 0 Å². The first-order valence-electron chi connectivity index (χ1n) is 10.9. The first-order chi connectivity index (χ1) is 15.5. The van der Waals surface area contributed by atoms with Crippen molar-refractivity contribution in [3.8, 4) is 0 Å². The first-order valence-corrected chi connectivity index (χ1v) is 12.7. The molecule has 2 aromatic rings. The Morgan fingerprint density at radius 3 is 2.15 bits per heavy atom. The van der Waals surface area contributed by atoms with Gasteiger partial charge in [0.05, 0.1) is 11.9 Å². The van der Waals surface area contributed by atoms with Gasteiger partial charge in [-0.3, -0.25) is 13.9 Å². The van der Waals surface area contributed by atoms with Gasteiger partial charge in [0.25, 0.3) is 0 Å². The molecule has 0 spiro atoms. The highest BCUT2D eigenvalue weighted by atomic mass is 32.2. The third-order valence-corrected chi connectivity index (χ3v) is 6.24. The van der Waals surface area contributed by atoms with Crippen molar-refractivity contribution in [3.05, 3.63) is 66.0 Å². The first kappa shape index (κ1) is 26.3. The topological polar surface area (TPSA) is 86.8 Å². The molecular weight excluding hydrogens is 445 g/mol. The summed E-state index contributed by atoms with van der Waals surface area (Å²) >= 11 is 0. The summed E-state index contributed by atoms with van der Waals surface area (Å²) in [4.78, 5) is 27.7. The molecule has 9 heteroatoms. The van der Waals surface area contributed by atoms with Crippen LogP contribution in [0.1, 0.15) is 32.8 Å². The van der Waals surface area contributed by atoms with Gasteiger partial charge in [-0.1, -0.05) is 37.3 Å². The third-order valence-electron chi connectivity index (χ3n) is 5.09. The molecule has 0 unspecified atom stereocenters. The van der Waals surface area contributed by atoms with Gasteiger partial charge in [0.15, 0.2) is 0 Å². The maximum absolute atomic E-state index is 13.4. The Labute approximate surface area is 195 Å². The van der Waals surface area contributed by atoms with Crippen molar-refractivity contribution < 1.29 is 22.4 Å². The highest BCUT2D eigenvalue weighted by molar-refractivity contribution is 7.92. The Morgan fingerprint density at radius 2 is 1.64 bits per heavy atom. The van der Waals surface area contributed by atoms with Crippen LogP contribution in [0.25, 0.3) is 0 Å². The second kappa shape index (κ2) is 11.8. The van der Waals surface area contributed by atoms with Gasteiger partial charge in [-0.15, -0.1) is 0 Å². The zero-order valence-corrected chi connectivity index (χ0v) is 20.3. The number of carbonyl (C=O) groups excluding carboxylic acids is 2. The van der Waals surface area contributed by atoms with Crippen LogP contribution in [0.15, 0.2) is 54.6 Å². The van der Waals surface area contributed by atoms with E-state index >= 15 is 0 Å². The smallest absolute Gasteiger partial charge is 0.244 e. The molecule has 33 heavy (non-hydrogen) atoms. The zero-order valence-electron chi connectivity index (χ0n) is 19.5. The molecule has 0 radical (unpaired) electrons. The number of rotatable bonds is 11. The number of hydrogen-bond donors (Lipinski definition) is 1. The minimum Gasteiger partial charge on any atom is -0.352 e. The SMILES string of the molecule is CC[C@H](C(=O)NC(C)C)N(CCc1ccccc1)C(=O)CN(c1ccc(F)cc1)S(C)(=O)=O. The number of halogens is 1. The van der Waals surface area contributed by atoms with E-state index in [-0.39, 0.29) is 24.2 Å². The number of nitrogens with one attached hydrogen (secondary N) is 1. The largest absolute Gasteiger partial charge is 0.352 e. The van der Waals surface area contributed by atoms with Crippen LogP contribution in [0.4, 0.5) is 10.1 Å². The number of sulfonamides is 1. The fourth-order valence-corrected chi connectivity index (χ4v) is 4.35. The minimum absolute atomic E-state index is 0.107. The monoisotopic (exact) mass is 477 g/mol. The van der Waals surface area contributed by atoms with E-state index in [4.69, 9.17) is 0 Å². The number of amides is 2. The van der Waals surface area contributed by atoms with E-state index in [2.05, 4.69) is 5.32 Å². The van der Waals surface area contributed by atoms with Gasteiger partial charge >= 0.3 is 0 Å². The van der Waals surface area contributed by atoms with Crippen molar-refractivity contribution >= 4 is 27.5 Å². The third kappa shape index (κ3) is 7.85. The second-order valence-corrected chi connectivity index (χ2v) is 10.1. The van der Waals surface area contributed by atoms with Gasteiger partial charge in [0.2, 0.25) is 21.8 Å². The maximum Gasteiger partial charge on any atom is 0.244 e. The van der Waals surface area contributed by atoms with Crippen LogP contribution in [-0.2, 0) is 26.0 Å². The van der Waals surface area contributed by atoms with E-state index in [0.717, 1.165) is 28.3 Å². The highest BCUT2D eigenvalue weighted by Crippen LogP contribution is 2.19. The number of hydrogen-bond acceptors (Lipinski definition) is 4. The van der Waals surface area contributed by atoms with Crippen LogP contribution < -0.4 is 9.62 Å². The number of carbonyl (C=O) groups is 2. The highest BCUT2D eigenvalue weighted by Gasteiger charge is 2.31. The van der Waals surface area contributed by atoms with Crippen LogP contribution in [-0.4, -0.2) is 56.6 Å². The molecule has 0 aromatic heterocycles. The lowest BCUT2D eigenvalue weighted by atomic mass is 10.1. The van der Waals surface area contributed by atoms with Gasteiger partial charge < -0.3 is 10.2 Å². The molecule has 0 aliphatic carbocycles. The normalized spacial score (nSPS) is 12.3. The van der Waals surface area contributed by atoms with Gasteiger partial charge in [0, 0.05) is 12.6 Å². The van der Waals surface area contributed by atoms with Gasteiger partial charge in [-0.25, -0.2) is 12.8 Å². The summed E-state index contributed by atoms with van der Waals surface area (Å²) in [5.41, 5.74) is 1.17. The molecule has 2 amide bonds. The lowest BCUT2D eigenvalue weighted by molar-refractivity contribution is -0.139. The molecule has 2 rings (SSSR count). The molecule has 0 aliphatic heterocycles. The van der Waals surface area contributed by atoms with E-state index in [0.29, 0.717) is 12.8 Å². The molecule has 7 nitrogen and oxygen atoms in total. The summed E-state index contributed by atoms with van der Waals surface area (Å²) in [6, 6.07) is 13.6. The molecule has 0 fully saturated rings. The fourth-order valence-electron chi connectivity index (χ4n) is 3.50. The summed E-state index contributed by atoms with van der Waals surface area (Å²) in [5.74, 6) is -1.31. The van der Waals surface area contributed by atoms with Crippen LogP contribution in [0.3, 0.4) is 0 Å². The average Bonchev–Trinajstić information content (AvgIpc) is 2.75. The Kier molecular flexibility index (Phi) is 9.40. The van der Waals surface area contributed by atoms with E-state index in [1.807, 2.05) is 51.1 Å². The number of benzene rings is 2. The maximum atomic E-state index is 13.4. The van der Waals surface area contributed by atoms with E-state index in [1.54, 1.807) is 0 Å². The van der Waals surface area contributed by atoms with Crippen molar-refractivity contribution in [1.82, 2.24) is 10.2 Å². The van der Waals surface area contributed by atoms with Crippen LogP contribution in [0, 0.1) is 5.82 Å². The fraction of sp³-hybridized carbons (Fsp3) is 0.417. The van der Waals surface area contributed by atoms with Crippen LogP contribution in [0.5, 0.6) is 0 Å². The van der Waals surface area contributed by atoms with Crippen molar-refractivity contribution in [1.29, 1.82) is 0 Å². The number of nitrogens with zero attached hydrogens (tertiary/aromatic N) is 2. The molecule has 0 bridgehead atoms. The van der Waals surface area contributed by atoms with Crippen molar-refractivity contribution in [2.75, 3.05) is 23.7 Å². The molecular formula is C24H32FN3O4S. The summed E-state index contributed by atoms with van der Waals surface area (Å²) in [7, 11) is -3.84. The minimum atomic E-state index is -3.84. The predicted octanol–water partition coefficient (Wildman–Crippen LogP) is 2.97. The molecule has 0 aliphatic rings. The Bertz CT molecular complexity index is 1030. The molecule has 180 valence electrons. The Balaban J connectivity index is 2.34. The molecule has 0 saturated carbocycles. The summed E-state index contributed by atoms with van der Waals surface area (Å²) < 4.78 is 39.2. The predicted molar refractivity (Wildman–Crippen MR) is 128 cm³/mol. The Hall–Kier alpha value is -2.94. The van der Waals surface area contributed by atoms with E-state index in [1.165, 1.54) is 17.0 Å². The van der Waals surface area contributed by atoms with E-state index in [9.17, 15) is 22.4 Å². The van der Waals surface area contributed by atoms with Crippen molar-refractivity contribution in [2.24, 2.45) is 0 Å². The van der Waals surface area contributed by atoms with E-state index < -0.39 is 34.3 Å². The summed E-state index contributed by atoms with van der Waals surface area (Å²) in [6.07, 6.45) is 1.86. The van der Waals surface area contributed by atoms with Crippen LogP contribution in [0.2, 0.25) is 0 Å². The second-order valence-electron chi connectivity index (χ2n) is 8.16. The summed E-state index contributed by atoms with van der Waals surface area (Å²) in [6.45, 7) is 5.22. The zero-order chi connectivity index (χ0) is 24.6. The molecule has 0 saturated heterocycles. The quantitative estimate of drug-likeness (QED) is 0.539. The Morgan fingerprint density at radius 1 is 1.03 bits per heavy atom. The standard InChI is InChI=1S/C24H32FN3O4S/c1-5-22(24(30)26-18(2)3)27(16-15-19-9-7-6-8-10-19)23(29)17-28(33(4,31)32)21-13-11-20(25)12-14-21/h6-14,18,22H,5,15-17H2,1-4H3,(H,26,30)/t22-/m1/s1. The molecule has 1 atom stereocenters. The van der Waals surface area contributed by atoms with Gasteiger partial charge in [0.1, 0.15) is 18.4 Å². The average molecular weight is 478 g/mol. The molecule has 0 heterocycles. The molecule has 2 aromatic carbocycles. The molecule has 1 N–H and O–H groups in total. The summed E-state index contributed by atoms with van der Waals surface area (Å²) in [5, 5.41) is 2.84. The van der Waals surface area contributed by atoms with Crippen molar-refractivity contribution in [2.45, 2.75) is 45.7 Å². The van der Waals surface area contributed by atoms with Crippen molar-refractivity contribution in [3.63, 3.8) is 0 Å². The lowest BCUT2D eigenvalue weighted by Crippen LogP contribution is -2.54. The number of anilines is 1. The van der Waals surface area contributed by atoms with Gasteiger partial charge in [-0.05, 0) is 56.5 Å². The lowest BCUT2D eigenvalue weighted by Gasteiger charge is -2.33.